The summed E-state index contributed by atoms with van der Waals surface area (Å²) in [6.45, 7) is 5.66. The van der Waals surface area contributed by atoms with Crippen LogP contribution in [-0.2, 0) is 0 Å². The van der Waals surface area contributed by atoms with E-state index < -0.39 is 0 Å². The van der Waals surface area contributed by atoms with Gasteiger partial charge in [0.15, 0.2) is 0 Å². The van der Waals surface area contributed by atoms with Crippen molar-refractivity contribution in [3.8, 4) is 11.9 Å². The summed E-state index contributed by atoms with van der Waals surface area (Å²) in [5.74, 6) is 1.73. The fourth-order valence-electron chi connectivity index (χ4n) is 3.00. The molecule has 3 rings (SSSR count). The van der Waals surface area contributed by atoms with E-state index >= 15 is 0 Å². The molecule has 6 nitrogen and oxygen atoms in total. The molecule has 2 aliphatic rings. The Morgan fingerprint density at radius 1 is 1.00 bits per heavy atom. The quantitative estimate of drug-likeness (QED) is 0.824. The number of hydrogen-bond donors (Lipinski definition) is 2. The van der Waals surface area contributed by atoms with Gasteiger partial charge in [-0.15, -0.1) is 0 Å². The molecule has 0 spiro atoms. The maximum absolute atomic E-state index is 5.79. The average Bonchev–Trinajstić information content (AvgIpc) is 2.60. The van der Waals surface area contributed by atoms with Gasteiger partial charge in [-0.3, -0.25) is 0 Å². The predicted octanol–water partition coefficient (Wildman–Crippen LogP) is 1.23. The second-order valence-electron chi connectivity index (χ2n) is 6.22. The predicted molar refractivity (Wildman–Crippen MR) is 84.2 cm³/mol. The Bertz CT molecular complexity index is 408. The molecule has 2 fully saturated rings. The fourth-order valence-corrected chi connectivity index (χ4v) is 3.00. The Balaban J connectivity index is 1.44. The van der Waals surface area contributed by atoms with Crippen LogP contribution in [0, 0.1) is 11.8 Å². The molecule has 1 aromatic rings. The minimum absolute atomic E-state index is 0.421. The van der Waals surface area contributed by atoms with Crippen LogP contribution in [0.25, 0.3) is 0 Å². The maximum atomic E-state index is 5.79. The van der Waals surface area contributed by atoms with E-state index in [-0.39, 0.29) is 0 Å². The van der Waals surface area contributed by atoms with Crippen molar-refractivity contribution in [1.82, 2.24) is 20.6 Å². The smallest absolute Gasteiger partial charge is 0.319 e. The van der Waals surface area contributed by atoms with Crippen molar-refractivity contribution in [3.05, 3.63) is 12.3 Å². The van der Waals surface area contributed by atoms with Gasteiger partial charge in [-0.05, 0) is 38.8 Å². The third-order valence-electron chi connectivity index (χ3n) is 4.32. The van der Waals surface area contributed by atoms with Crippen molar-refractivity contribution in [3.63, 3.8) is 0 Å². The van der Waals surface area contributed by atoms with Crippen LogP contribution >= 0.6 is 0 Å². The van der Waals surface area contributed by atoms with E-state index in [0.29, 0.717) is 36.9 Å². The van der Waals surface area contributed by atoms with Gasteiger partial charge in [-0.25, -0.2) is 4.98 Å². The highest BCUT2D eigenvalue weighted by Gasteiger charge is 2.15. The van der Waals surface area contributed by atoms with Crippen LogP contribution in [0.1, 0.15) is 25.7 Å². The van der Waals surface area contributed by atoms with Crippen LogP contribution in [0.2, 0.25) is 0 Å². The van der Waals surface area contributed by atoms with Gasteiger partial charge in [0.2, 0.25) is 5.88 Å². The molecular formula is C16H26N4O2. The topological polar surface area (TPSA) is 68.3 Å². The molecular weight excluding hydrogens is 280 g/mol. The van der Waals surface area contributed by atoms with E-state index in [1.165, 1.54) is 25.7 Å². The fraction of sp³-hybridized carbons (Fsp3) is 0.750. The number of ether oxygens (including phenoxy) is 2. The second kappa shape index (κ2) is 8.29. The highest BCUT2D eigenvalue weighted by molar-refractivity contribution is 5.11. The number of piperidine rings is 2. The Morgan fingerprint density at radius 3 is 2.32 bits per heavy atom. The van der Waals surface area contributed by atoms with Crippen LogP contribution in [0.4, 0.5) is 0 Å². The van der Waals surface area contributed by atoms with Gasteiger partial charge in [-0.1, -0.05) is 0 Å². The first-order valence-corrected chi connectivity index (χ1v) is 8.40. The molecule has 2 N–H and O–H groups in total. The molecule has 2 saturated heterocycles. The molecule has 22 heavy (non-hydrogen) atoms. The molecule has 0 unspecified atom stereocenters. The minimum Gasteiger partial charge on any atom is -0.477 e. The molecule has 0 amide bonds. The molecule has 0 bridgehead atoms. The van der Waals surface area contributed by atoms with Gasteiger partial charge in [0.25, 0.3) is 0 Å². The minimum atomic E-state index is 0.421. The molecule has 1 aromatic heterocycles. The van der Waals surface area contributed by atoms with Crippen LogP contribution in [0.3, 0.4) is 0 Å². The lowest BCUT2D eigenvalue weighted by Gasteiger charge is -2.23. The zero-order chi connectivity index (χ0) is 15.0. The van der Waals surface area contributed by atoms with Gasteiger partial charge in [0.1, 0.15) is 0 Å². The van der Waals surface area contributed by atoms with Crippen molar-refractivity contribution >= 4 is 0 Å². The summed E-state index contributed by atoms with van der Waals surface area (Å²) in [5.41, 5.74) is 0. The van der Waals surface area contributed by atoms with Crippen molar-refractivity contribution < 1.29 is 9.47 Å². The van der Waals surface area contributed by atoms with E-state index in [2.05, 4.69) is 20.6 Å². The van der Waals surface area contributed by atoms with Crippen LogP contribution in [0.5, 0.6) is 11.9 Å². The summed E-state index contributed by atoms with van der Waals surface area (Å²) in [5, 5.41) is 6.78. The Kier molecular flexibility index (Phi) is 5.84. The Morgan fingerprint density at radius 2 is 1.68 bits per heavy atom. The Hall–Kier alpha value is -1.40. The van der Waals surface area contributed by atoms with E-state index in [1.54, 1.807) is 12.3 Å². The van der Waals surface area contributed by atoms with Crippen LogP contribution < -0.4 is 20.1 Å². The van der Waals surface area contributed by atoms with E-state index in [1.807, 2.05) is 0 Å². The first-order valence-electron chi connectivity index (χ1n) is 8.40. The van der Waals surface area contributed by atoms with Gasteiger partial charge >= 0.3 is 6.01 Å². The van der Waals surface area contributed by atoms with E-state index in [0.717, 1.165) is 26.2 Å². The van der Waals surface area contributed by atoms with E-state index in [4.69, 9.17) is 9.47 Å². The molecule has 0 saturated carbocycles. The standard InChI is InChI=1S/C16H26N4O2/c1-3-13(9-17-6-1)11-21-15-5-8-19-16(20-15)22-12-14-4-2-7-18-10-14/h5,8,13-14,17-18H,1-4,6-7,9-12H2/t13-,14+/m0/s1. The summed E-state index contributed by atoms with van der Waals surface area (Å²) in [4.78, 5) is 8.52. The Labute approximate surface area is 132 Å². The molecule has 2 aliphatic heterocycles. The monoisotopic (exact) mass is 306 g/mol. The number of nitrogens with one attached hydrogen (secondary N) is 2. The molecule has 122 valence electrons. The van der Waals surface area contributed by atoms with E-state index in [9.17, 15) is 0 Å². The van der Waals surface area contributed by atoms with Gasteiger partial charge in [0.05, 0.1) is 13.2 Å². The summed E-state index contributed by atoms with van der Waals surface area (Å²) < 4.78 is 11.5. The number of aromatic nitrogens is 2. The van der Waals surface area contributed by atoms with Crippen molar-refractivity contribution in [2.45, 2.75) is 25.7 Å². The van der Waals surface area contributed by atoms with Gasteiger partial charge in [-0.2, -0.15) is 4.98 Å². The van der Waals surface area contributed by atoms with Crippen molar-refractivity contribution in [2.24, 2.45) is 11.8 Å². The third kappa shape index (κ3) is 4.81. The molecule has 6 heteroatoms. The molecule has 3 heterocycles. The third-order valence-corrected chi connectivity index (χ3v) is 4.32. The largest absolute Gasteiger partial charge is 0.477 e. The van der Waals surface area contributed by atoms with Gasteiger partial charge < -0.3 is 20.1 Å². The van der Waals surface area contributed by atoms with Crippen molar-refractivity contribution in [2.75, 3.05) is 39.4 Å². The molecule has 2 atom stereocenters. The highest BCUT2D eigenvalue weighted by atomic mass is 16.5. The summed E-state index contributed by atoms with van der Waals surface area (Å²) >= 11 is 0. The first kappa shape index (κ1) is 15.5. The zero-order valence-corrected chi connectivity index (χ0v) is 13.1. The van der Waals surface area contributed by atoms with Gasteiger partial charge in [0, 0.05) is 37.2 Å². The second-order valence-corrected chi connectivity index (χ2v) is 6.22. The highest BCUT2D eigenvalue weighted by Crippen LogP contribution is 2.16. The summed E-state index contributed by atoms with van der Waals surface area (Å²) in [6, 6.07) is 2.22. The maximum Gasteiger partial charge on any atom is 0.319 e. The van der Waals surface area contributed by atoms with Crippen molar-refractivity contribution in [1.29, 1.82) is 0 Å². The SMILES string of the molecule is c1cc(OC[C@H]2CCCNC2)nc(OC[C@@H]2CCCNC2)n1. The molecule has 0 aromatic carbocycles. The van der Waals surface area contributed by atoms with Crippen LogP contribution in [-0.4, -0.2) is 49.4 Å². The summed E-state index contributed by atoms with van der Waals surface area (Å²) in [6.07, 6.45) is 6.57. The zero-order valence-electron chi connectivity index (χ0n) is 13.1. The lowest BCUT2D eigenvalue weighted by atomic mass is 10.0. The first-order chi connectivity index (χ1) is 10.9. The number of rotatable bonds is 6. The lowest BCUT2D eigenvalue weighted by molar-refractivity contribution is 0.192. The number of nitrogens with zero attached hydrogens (tertiary/aromatic N) is 2. The number of hydrogen-bond acceptors (Lipinski definition) is 6. The lowest BCUT2D eigenvalue weighted by Crippen LogP contribution is -2.33. The molecule has 0 aliphatic carbocycles. The van der Waals surface area contributed by atoms with Crippen LogP contribution in [0.15, 0.2) is 12.3 Å². The average molecular weight is 306 g/mol. The summed E-state index contributed by atoms with van der Waals surface area (Å²) in [7, 11) is 0. The normalized spacial score (nSPS) is 25.6. The molecule has 0 radical (unpaired) electrons.